The quantitative estimate of drug-likeness (QED) is 0.636. The summed E-state index contributed by atoms with van der Waals surface area (Å²) in [4.78, 5) is 26.7. The minimum absolute atomic E-state index is 0.0475. The van der Waals surface area contributed by atoms with Crippen LogP contribution in [-0.4, -0.2) is 38.9 Å². The molecule has 0 saturated carbocycles. The van der Waals surface area contributed by atoms with Gasteiger partial charge in [0.2, 0.25) is 11.8 Å². The largest absolute Gasteiger partial charge is 0.326 e. The van der Waals surface area contributed by atoms with Crippen molar-refractivity contribution in [3.63, 3.8) is 0 Å². The molecule has 2 aromatic carbocycles. The minimum Gasteiger partial charge on any atom is -0.326 e. The molecule has 4 rings (SSSR count). The first-order chi connectivity index (χ1) is 14.1. The van der Waals surface area contributed by atoms with Crippen LogP contribution in [-0.2, 0) is 29.5 Å². The Morgan fingerprint density at radius 3 is 2.66 bits per heavy atom. The topological polar surface area (TPSA) is 80.1 Å². The first kappa shape index (κ1) is 19.2. The molecule has 3 aromatic rings. The van der Waals surface area contributed by atoms with E-state index in [-0.39, 0.29) is 24.0 Å². The maximum atomic E-state index is 12.7. The van der Waals surface area contributed by atoms with Crippen LogP contribution in [0.2, 0.25) is 0 Å². The molecule has 8 heteroatoms. The number of aromatic nitrogens is 3. The van der Waals surface area contributed by atoms with E-state index in [9.17, 15) is 9.59 Å². The molecular weight excluding hydrogens is 386 g/mol. The Balaban J connectivity index is 1.34. The number of para-hydroxylation sites is 2. The zero-order valence-electron chi connectivity index (χ0n) is 16.0. The fraction of sp³-hybridized carbons (Fsp3) is 0.238. The normalized spacial score (nSPS) is 12.7. The van der Waals surface area contributed by atoms with Crippen LogP contribution in [0.15, 0.2) is 59.8 Å². The highest BCUT2D eigenvalue weighted by molar-refractivity contribution is 7.99. The van der Waals surface area contributed by atoms with Crippen LogP contribution >= 0.6 is 11.8 Å². The van der Waals surface area contributed by atoms with Crippen molar-refractivity contribution in [3.05, 3.63) is 66.0 Å². The Hall–Kier alpha value is -3.13. The highest BCUT2D eigenvalue weighted by Gasteiger charge is 2.24. The summed E-state index contributed by atoms with van der Waals surface area (Å²) in [6.07, 6.45) is 1.00. The third-order valence-corrected chi connectivity index (χ3v) is 5.82. The molecule has 0 spiro atoms. The van der Waals surface area contributed by atoms with Gasteiger partial charge in [-0.15, -0.1) is 10.2 Å². The summed E-state index contributed by atoms with van der Waals surface area (Å²) < 4.78 is 1.76. The smallest absolute Gasteiger partial charge is 0.237 e. The Labute approximate surface area is 173 Å². The molecule has 1 aromatic heterocycles. The predicted molar refractivity (Wildman–Crippen MR) is 113 cm³/mol. The van der Waals surface area contributed by atoms with Gasteiger partial charge in [0.1, 0.15) is 5.82 Å². The summed E-state index contributed by atoms with van der Waals surface area (Å²) in [6, 6.07) is 17.3. The van der Waals surface area contributed by atoms with Crippen molar-refractivity contribution in [1.29, 1.82) is 0 Å². The van der Waals surface area contributed by atoms with Crippen LogP contribution in [0.4, 0.5) is 11.4 Å². The lowest BCUT2D eigenvalue weighted by atomic mass is 10.2. The number of anilines is 2. The van der Waals surface area contributed by atoms with Crippen LogP contribution < -0.4 is 10.2 Å². The molecule has 0 saturated heterocycles. The van der Waals surface area contributed by atoms with Crippen molar-refractivity contribution in [2.75, 3.05) is 22.5 Å². The third kappa shape index (κ3) is 4.32. The number of nitrogens with zero attached hydrogens (tertiary/aromatic N) is 4. The van der Waals surface area contributed by atoms with Gasteiger partial charge in [0, 0.05) is 25.0 Å². The molecule has 0 atom stereocenters. The van der Waals surface area contributed by atoms with E-state index in [2.05, 4.69) is 21.6 Å². The van der Waals surface area contributed by atoms with Crippen molar-refractivity contribution in [3.8, 4) is 0 Å². The van der Waals surface area contributed by atoms with Crippen LogP contribution in [0.3, 0.4) is 0 Å². The van der Waals surface area contributed by atoms with Gasteiger partial charge in [-0.2, -0.15) is 0 Å². The van der Waals surface area contributed by atoms with Gasteiger partial charge >= 0.3 is 0 Å². The lowest BCUT2D eigenvalue weighted by Gasteiger charge is -2.16. The molecule has 2 heterocycles. The summed E-state index contributed by atoms with van der Waals surface area (Å²) in [6.45, 7) is 0.711. The lowest BCUT2D eigenvalue weighted by Crippen LogP contribution is -2.30. The Morgan fingerprint density at radius 1 is 1.07 bits per heavy atom. The number of hydrogen-bond donors (Lipinski definition) is 1. The molecule has 148 valence electrons. The molecule has 0 aliphatic carbocycles. The highest BCUT2D eigenvalue weighted by atomic mass is 32.2. The van der Waals surface area contributed by atoms with Gasteiger partial charge in [-0.05, 0) is 30.2 Å². The molecule has 0 bridgehead atoms. The van der Waals surface area contributed by atoms with Crippen molar-refractivity contribution < 1.29 is 9.59 Å². The monoisotopic (exact) mass is 407 g/mol. The lowest BCUT2D eigenvalue weighted by molar-refractivity contribution is -0.116. The average molecular weight is 407 g/mol. The van der Waals surface area contributed by atoms with Gasteiger partial charge in [0.15, 0.2) is 5.16 Å². The standard InChI is InChI=1S/C21H21N5O2S/c1-25-18(13-19(27)22-16-8-3-2-4-9-16)23-24-21(25)29-14-20(28)26-12-11-15-7-5-6-10-17(15)26/h2-10H,11-14H2,1H3,(H,22,27). The van der Waals surface area contributed by atoms with E-state index in [1.54, 1.807) is 4.57 Å². The van der Waals surface area contributed by atoms with E-state index >= 15 is 0 Å². The second kappa shape index (κ2) is 8.48. The zero-order chi connectivity index (χ0) is 20.2. The summed E-state index contributed by atoms with van der Waals surface area (Å²) in [7, 11) is 1.81. The maximum absolute atomic E-state index is 12.7. The van der Waals surface area contributed by atoms with Crippen molar-refractivity contribution in [2.24, 2.45) is 7.05 Å². The number of carbonyl (C=O) groups excluding carboxylic acids is 2. The van der Waals surface area contributed by atoms with E-state index in [0.717, 1.165) is 17.8 Å². The number of amides is 2. The second-order valence-corrected chi connectivity index (χ2v) is 7.70. The predicted octanol–water partition coefficient (Wildman–Crippen LogP) is 2.68. The van der Waals surface area contributed by atoms with E-state index in [1.165, 1.54) is 17.3 Å². The molecule has 0 unspecified atom stereocenters. The molecular formula is C21H21N5O2S. The summed E-state index contributed by atoms with van der Waals surface area (Å²) in [5, 5.41) is 11.7. The van der Waals surface area contributed by atoms with Gasteiger partial charge in [-0.1, -0.05) is 48.2 Å². The molecule has 7 nitrogen and oxygen atoms in total. The van der Waals surface area contributed by atoms with E-state index in [0.29, 0.717) is 17.5 Å². The number of fused-ring (bicyclic) bond motifs is 1. The summed E-state index contributed by atoms with van der Waals surface area (Å²) in [5.74, 6) is 0.718. The van der Waals surface area contributed by atoms with Crippen LogP contribution in [0.5, 0.6) is 0 Å². The fourth-order valence-electron chi connectivity index (χ4n) is 3.30. The molecule has 1 aliphatic rings. The number of carbonyl (C=O) groups is 2. The van der Waals surface area contributed by atoms with E-state index in [1.807, 2.05) is 60.5 Å². The van der Waals surface area contributed by atoms with Gasteiger partial charge in [0.25, 0.3) is 0 Å². The molecule has 29 heavy (non-hydrogen) atoms. The van der Waals surface area contributed by atoms with Gasteiger partial charge in [-0.3, -0.25) is 9.59 Å². The van der Waals surface area contributed by atoms with Crippen molar-refractivity contribution in [1.82, 2.24) is 14.8 Å². The van der Waals surface area contributed by atoms with E-state index in [4.69, 9.17) is 0 Å². The molecule has 0 radical (unpaired) electrons. The van der Waals surface area contributed by atoms with Crippen molar-refractivity contribution >= 4 is 35.0 Å². The minimum atomic E-state index is -0.159. The van der Waals surface area contributed by atoms with Crippen LogP contribution in [0.1, 0.15) is 11.4 Å². The van der Waals surface area contributed by atoms with Crippen molar-refractivity contribution in [2.45, 2.75) is 18.0 Å². The molecule has 1 N–H and O–H groups in total. The summed E-state index contributed by atoms with van der Waals surface area (Å²) >= 11 is 1.33. The average Bonchev–Trinajstić information content (AvgIpc) is 3.31. The van der Waals surface area contributed by atoms with Gasteiger partial charge < -0.3 is 14.8 Å². The zero-order valence-corrected chi connectivity index (χ0v) is 16.9. The number of rotatable bonds is 6. The first-order valence-corrected chi connectivity index (χ1v) is 10.3. The SMILES string of the molecule is Cn1c(CC(=O)Nc2ccccc2)nnc1SCC(=O)N1CCc2ccccc21. The summed E-state index contributed by atoms with van der Waals surface area (Å²) in [5.41, 5.74) is 2.94. The van der Waals surface area contributed by atoms with Gasteiger partial charge in [-0.25, -0.2) is 0 Å². The highest BCUT2D eigenvalue weighted by Crippen LogP contribution is 2.28. The number of hydrogen-bond acceptors (Lipinski definition) is 5. The second-order valence-electron chi connectivity index (χ2n) is 6.76. The maximum Gasteiger partial charge on any atom is 0.237 e. The van der Waals surface area contributed by atoms with E-state index < -0.39 is 0 Å². The van der Waals surface area contributed by atoms with Gasteiger partial charge in [0.05, 0.1) is 12.2 Å². The Morgan fingerprint density at radius 2 is 1.83 bits per heavy atom. The molecule has 1 aliphatic heterocycles. The number of thioether (sulfide) groups is 1. The molecule has 2 amide bonds. The fourth-order valence-corrected chi connectivity index (χ4v) is 4.10. The molecule has 0 fully saturated rings. The number of benzene rings is 2. The first-order valence-electron chi connectivity index (χ1n) is 9.36. The third-order valence-electron chi connectivity index (χ3n) is 4.81. The number of nitrogens with one attached hydrogen (secondary N) is 1. The Bertz CT molecular complexity index is 1030. The van der Waals surface area contributed by atoms with Crippen LogP contribution in [0.25, 0.3) is 0 Å². The Kier molecular flexibility index (Phi) is 5.62. The van der Waals surface area contributed by atoms with Crippen LogP contribution in [0, 0.1) is 0 Å².